The molecule has 0 spiro atoms. The number of hydrogen-bond donors (Lipinski definition) is 1. The van der Waals surface area contributed by atoms with Crippen molar-refractivity contribution in [3.8, 4) is 11.5 Å². The van der Waals surface area contributed by atoms with Crippen LogP contribution in [0.4, 0.5) is 5.82 Å². The fraction of sp³-hybridized carbons (Fsp3) is 0.214. The molecular formula is C14H13BrN2O2. The van der Waals surface area contributed by atoms with E-state index in [0.717, 1.165) is 34.8 Å². The molecule has 0 aliphatic carbocycles. The molecule has 19 heavy (non-hydrogen) atoms. The Morgan fingerprint density at radius 3 is 2.89 bits per heavy atom. The van der Waals surface area contributed by atoms with Crippen molar-refractivity contribution in [2.45, 2.75) is 6.42 Å². The smallest absolute Gasteiger partial charge is 0.231 e. The second-order valence-electron chi connectivity index (χ2n) is 4.23. The average Bonchev–Trinajstić information content (AvgIpc) is 2.88. The monoisotopic (exact) mass is 320 g/mol. The van der Waals surface area contributed by atoms with Crippen LogP contribution in [0.5, 0.6) is 11.5 Å². The Bertz CT molecular complexity index is 572. The molecule has 5 heteroatoms. The summed E-state index contributed by atoms with van der Waals surface area (Å²) in [5, 5.41) is 3.28. The molecule has 1 N–H and O–H groups in total. The van der Waals surface area contributed by atoms with Gasteiger partial charge in [-0.2, -0.15) is 0 Å². The standard InChI is InChI=1S/C14H13BrN2O2/c15-11-2-4-14(17-8-11)16-6-5-10-1-3-12-13(7-10)19-9-18-12/h1-4,7-8H,5-6,9H2,(H,16,17). The number of pyridine rings is 1. The number of rotatable bonds is 4. The van der Waals surface area contributed by atoms with Crippen molar-refractivity contribution in [2.75, 3.05) is 18.7 Å². The van der Waals surface area contributed by atoms with Crippen molar-refractivity contribution < 1.29 is 9.47 Å². The highest BCUT2D eigenvalue weighted by Gasteiger charge is 2.12. The maximum absolute atomic E-state index is 5.36. The number of ether oxygens (including phenoxy) is 2. The molecule has 98 valence electrons. The minimum atomic E-state index is 0.319. The number of nitrogens with one attached hydrogen (secondary N) is 1. The molecule has 1 aromatic heterocycles. The van der Waals surface area contributed by atoms with Crippen molar-refractivity contribution in [3.63, 3.8) is 0 Å². The summed E-state index contributed by atoms with van der Waals surface area (Å²) in [7, 11) is 0. The first kappa shape index (κ1) is 12.3. The quantitative estimate of drug-likeness (QED) is 0.939. The third-order valence-electron chi connectivity index (χ3n) is 2.88. The Morgan fingerprint density at radius 1 is 1.16 bits per heavy atom. The summed E-state index contributed by atoms with van der Waals surface area (Å²) in [6.07, 6.45) is 2.69. The van der Waals surface area contributed by atoms with Gasteiger partial charge in [-0.1, -0.05) is 6.07 Å². The van der Waals surface area contributed by atoms with Crippen LogP contribution < -0.4 is 14.8 Å². The van der Waals surface area contributed by atoms with Gasteiger partial charge in [-0.15, -0.1) is 0 Å². The van der Waals surface area contributed by atoms with E-state index in [1.807, 2.05) is 24.3 Å². The van der Waals surface area contributed by atoms with Gasteiger partial charge in [0.25, 0.3) is 0 Å². The second-order valence-corrected chi connectivity index (χ2v) is 5.14. The minimum absolute atomic E-state index is 0.319. The third kappa shape index (κ3) is 2.98. The van der Waals surface area contributed by atoms with Crippen molar-refractivity contribution in [1.29, 1.82) is 0 Å². The molecule has 1 aliphatic heterocycles. The predicted octanol–water partition coefficient (Wildman–Crippen LogP) is 3.23. The van der Waals surface area contributed by atoms with Gasteiger partial charge < -0.3 is 14.8 Å². The van der Waals surface area contributed by atoms with Crippen LogP contribution in [0.15, 0.2) is 41.0 Å². The van der Waals surface area contributed by atoms with E-state index >= 15 is 0 Å². The molecular weight excluding hydrogens is 308 g/mol. The second kappa shape index (κ2) is 5.48. The van der Waals surface area contributed by atoms with E-state index in [2.05, 4.69) is 32.3 Å². The molecule has 0 saturated carbocycles. The normalized spacial score (nSPS) is 12.5. The number of benzene rings is 1. The Hall–Kier alpha value is -1.75. The molecule has 0 fully saturated rings. The molecule has 1 aliphatic rings. The molecule has 3 rings (SSSR count). The van der Waals surface area contributed by atoms with Crippen molar-refractivity contribution in [2.24, 2.45) is 0 Å². The Labute approximate surface area is 119 Å². The van der Waals surface area contributed by atoms with E-state index in [0.29, 0.717) is 6.79 Å². The molecule has 0 atom stereocenters. The molecule has 2 aromatic rings. The third-order valence-corrected chi connectivity index (χ3v) is 3.35. The van der Waals surface area contributed by atoms with Crippen LogP contribution in [0.2, 0.25) is 0 Å². The Kier molecular flexibility index (Phi) is 3.55. The molecule has 2 heterocycles. The highest BCUT2D eigenvalue weighted by molar-refractivity contribution is 9.10. The lowest BCUT2D eigenvalue weighted by Crippen LogP contribution is -2.05. The zero-order valence-electron chi connectivity index (χ0n) is 10.2. The lowest BCUT2D eigenvalue weighted by Gasteiger charge is -2.06. The van der Waals surface area contributed by atoms with Gasteiger partial charge in [0.1, 0.15) is 5.82 Å². The van der Waals surface area contributed by atoms with E-state index < -0.39 is 0 Å². The van der Waals surface area contributed by atoms with Gasteiger partial charge in [0.2, 0.25) is 6.79 Å². The van der Waals surface area contributed by atoms with Gasteiger partial charge in [-0.05, 0) is 52.2 Å². The average molecular weight is 321 g/mol. The maximum atomic E-state index is 5.36. The summed E-state index contributed by atoms with van der Waals surface area (Å²) in [6, 6.07) is 9.96. The number of hydrogen-bond acceptors (Lipinski definition) is 4. The highest BCUT2D eigenvalue weighted by atomic mass is 79.9. The van der Waals surface area contributed by atoms with Crippen LogP contribution in [0.1, 0.15) is 5.56 Å². The van der Waals surface area contributed by atoms with Crippen molar-refractivity contribution in [1.82, 2.24) is 4.98 Å². The highest BCUT2D eigenvalue weighted by Crippen LogP contribution is 2.32. The molecule has 0 bridgehead atoms. The number of nitrogens with zero attached hydrogens (tertiary/aromatic N) is 1. The van der Waals surface area contributed by atoms with Gasteiger partial charge in [0.05, 0.1) is 0 Å². The zero-order valence-corrected chi connectivity index (χ0v) is 11.8. The van der Waals surface area contributed by atoms with Gasteiger partial charge in [-0.25, -0.2) is 4.98 Å². The molecule has 0 amide bonds. The van der Waals surface area contributed by atoms with Crippen LogP contribution >= 0.6 is 15.9 Å². The predicted molar refractivity (Wildman–Crippen MR) is 76.7 cm³/mol. The first-order valence-electron chi connectivity index (χ1n) is 6.05. The van der Waals surface area contributed by atoms with Crippen LogP contribution in [-0.2, 0) is 6.42 Å². The van der Waals surface area contributed by atoms with Crippen LogP contribution in [0.25, 0.3) is 0 Å². The van der Waals surface area contributed by atoms with Gasteiger partial charge in [0.15, 0.2) is 11.5 Å². The Morgan fingerprint density at radius 2 is 2.05 bits per heavy atom. The summed E-state index contributed by atoms with van der Waals surface area (Å²) in [5.74, 6) is 2.54. The van der Waals surface area contributed by atoms with E-state index in [4.69, 9.17) is 9.47 Å². The first-order chi connectivity index (χ1) is 9.31. The molecule has 4 nitrogen and oxygen atoms in total. The van der Waals surface area contributed by atoms with E-state index in [1.54, 1.807) is 6.20 Å². The van der Waals surface area contributed by atoms with Crippen molar-refractivity contribution >= 4 is 21.7 Å². The SMILES string of the molecule is Brc1ccc(NCCc2ccc3c(c2)OCO3)nc1. The number of anilines is 1. The zero-order chi connectivity index (χ0) is 13.1. The minimum Gasteiger partial charge on any atom is -0.454 e. The van der Waals surface area contributed by atoms with Crippen LogP contribution in [0.3, 0.4) is 0 Å². The summed E-state index contributed by atoms with van der Waals surface area (Å²) in [5.41, 5.74) is 1.22. The van der Waals surface area contributed by atoms with E-state index in [9.17, 15) is 0 Å². The topological polar surface area (TPSA) is 43.4 Å². The lowest BCUT2D eigenvalue weighted by atomic mass is 10.1. The van der Waals surface area contributed by atoms with Crippen molar-refractivity contribution in [3.05, 3.63) is 46.6 Å². The van der Waals surface area contributed by atoms with Gasteiger partial charge in [0, 0.05) is 17.2 Å². The molecule has 0 radical (unpaired) electrons. The fourth-order valence-corrected chi connectivity index (χ4v) is 2.15. The van der Waals surface area contributed by atoms with Gasteiger partial charge >= 0.3 is 0 Å². The first-order valence-corrected chi connectivity index (χ1v) is 6.84. The number of fused-ring (bicyclic) bond motifs is 1. The number of aromatic nitrogens is 1. The molecule has 0 unspecified atom stereocenters. The van der Waals surface area contributed by atoms with E-state index in [1.165, 1.54) is 5.56 Å². The van der Waals surface area contributed by atoms with E-state index in [-0.39, 0.29) is 0 Å². The molecule has 1 aromatic carbocycles. The number of halogens is 1. The summed E-state index contributed by atoms with van der Waals surface area (Å²) in [6.45, 7) is 1.15. The van der Waals surface area contributed by atoms with Gasteiger partial charge in [-0.3, -0.25) is 0 Å². The maximum Gasteiger partial charge on any atom is 0.231 e. The lowest BCUT2D eigenvalue weighted by molar-refractivity contribution is 0.174. The fourth-order valence-electron chi connectivity index (χ4n) is 1.91. The summed E-state index contributed by atoms with van der Waals surface area (Å²) >= 11 is 3.36. The molecule has 0 saturated heterocycles. The summed E-state index contributed by atoms with van der Waals surface area (Å²) in [4.78, 5) is 4.26. The van der Waals surface area contributed by atoms with Crippen LogP contribution in [0, 0.1) is 0 Å². The van der Waals surface area contributed by atoms with Crippen LogP contribution in [-0.4, -0.2) is 18.3 Å². The Balaban J connectivity index is 1.56. The largest absolute Gasteiger partial charge is 0.454 e. The summed E-state index contributed by atoms with van der Waals surface area (Å²) < 4.78 is 11.6.